The summed E-state index contributed by atoms with van der Waals surface area (Å²) >= 11 is 0. The van der Waals surface area contributed by atoms with Crippen molar-refractivity contribution in [2.45, 2.75) is 18.9 Å². The Morgan fingerprint density at radius 1 is 1.33 bits per heavy atom. The van der Waals surface area contributed by atoms with E-state index < -0.39 is 35.0 Å². The Morgan fingerprint density at radius 3 is 2.71 bits per heavy atom. The largest absolute Gasteiger partial charge is 0.389 e. The number of benzene rings is 1. The van der Waals surface area contributed by atoms with E-state index in [1.807, 2.05) is 0 Å². The molecule has 0 radical (unpaired) electrons. The average molecular weight is 303 g/mol. The lowest BCUT2D eigenvalue weighted by Crippen LogP contribution is -2.35. The van der Waals surface area contributed by atoms with Crippen LogP contribution in [0.15, 0.2) is 12.1 Å². The van der Waals surface area contributed by atoms with Crippen molar-refractivity contribution < 1.29 is 27.8 Å². The van der Waals surface area contributed by atoms with Crippen LogP contribution in [0.1, 0.15) is 23.2 Å². The molecule has 0 heterocycles. The van der Waals surface area contributed by atoms with Gasteiger partial charge in [0.05, 0.1) is 18.3 Å². The Bertz CT molecular complexity index is 520. The number of nitrogens with one attached hydrogen (secondary N) is 1. The molecule has 1 aromatic carbocycles. The van der Waals surface area contributed by atoms with Crippen LogP contribution in [-0.4, -0.2) is 36.9 Å². The standard InChI is InChI=1S/C14H16F3NO3/c15-11-4-3-10(12(16)13(11)17)14(20)18-5-9(19)7-21-6-8-1-2-8/h3-4,8-9,19H,1-2,5-7H2,(H,18,20). The van der Waals surface area contributed by atoms with E-state index in [0.717, 1.165) is 18.9 Å². The van der Waals surface area contributed by atoms with Gasteiger partial charge in [0, 0.05) is 13.2 Å². The van der Waals surface area contributed by atoms with E-state index in [9.17, 15) is 23.1 Å². The molecule has 2 rings (SSSR count). The molecule has 0 aromatic heterocycles. The summed E-state index contributed by atoms with van der Waals surface area (Å²) in [5.41, 5.74) is -0.611. The second-order valence-electron chi connectivity index (χ2n) is 5.07. The number of carbonyl (C=O) groups excluding carboxylic acids is 1. The number of halogens is 3. The number of carbonyl (C=O) groups is 1. The normalized spacial score (nSPS) is 15.8. The Kier molecular flexibility index (Phi) is 5.19. The van der Waals surface area contributed by atoms with Crippen LogP contribution in [0.2, 0.25) is 0 Å². The van der Waals surface area contributed by atoms with Gasteiger partial charge in [0.2, 0.25) is 0 Å². The minimum Gasteiger partial charge on any atom is -0.389 e. The summed E-state index contributed by atoms with van der Waals surface area (Å²) in [6.45, 7) is 0.460. The van der Waals surface area contributed by atoms with Gasteiger partial charge < -0.3 is 15.2 Å². The SMILES string of the molecule is O=C(NCC(O)COCC1CC1)c1ccc(F)c(F)c1F. The summed E-state index contributed by atoms with van der Waals surface area (Å²) in [4.78, 5) is 11.6. The van der Waals surface area contributed by atoms with Crippen molar-refractivity contribution in [1.82, 2.24) is 5.32 Å². The van der Waals surface area contributed by atoms with E-state index in [4.69, 9.17) is 4.74 Å². The molecule has 0 spiro atoms. The lowest BCUT2D eigenvalue weighted by Gasteiger charge is -2.12. The van der Waals surface area contributed by atoms with Crippen molar-refractivity contribution in [3.63, 3.8) is 0 Å². The third-order valence-electron chi connectivity index (χ3n) is 3.14. The van der Waals surface area contributed by atoms with Gasteiger partial charge in [0.15, 0.2) is 17.5 Å². The lowest BCUT2D eigenvalue weighted by atomic mass is 10.2. The fourth-order valence-corrected chi connectivity index (χ4v) is 1.72. The van der Waals surface area contributed by atoms with E-state index in [0.29, 0.717) is 18.6 Å². The van der Waals surface area contributed by atoms with Gasteiger partial charge in [0.25, 0.3) is 5.91 Å². The van der Waals surface area contributed by atoms with Crippen LogP contribution in [-0.2, 0) is 4.74 Å². The number of rotatable bonds is 7. The molecule has 1 saturated carbocycles. The third kappa shape index (κ3) is 4.44. The number of ether oxygens (including phenoxy) is 1. The minimum atomic E-state index is -1.70. The van der Waals surface area contributed by atoms with Gasteiger partial charge in [-0.3, -0.25) is 4.79 Å². The molecule has 7 heteroatoms. The van der Waals surface area contributed by atoms with Crippen molar-refractivity contribution in [1.29, 1.82) is 0 Å². The molecular formula is C14H16F3NO3. The highest BCUT2D eigenvalue weighted by atomic mass is 19.2. The summed E-state index contributed by atoms with van der Waals surface area (Å²) in [5.74, 6) is -4.98. The smallest absolute Gasteiger partial charge is 0.254 e. The Balaban J connectivity index is 1.79. The second kappa shape index (κ2) is 6.91. The van der Waals surface area contributed by atoms with Crippen LogP contribution in [0.5, 0.6) is 0 Å². The maximum atomic E-state index is 13.4. The van der Waals surface area contributed by atoms with Crippen LogP contribution in [0.25, 0.3) is 0 Å². The molecule has 1 aliphatic carbocycles. The predicted molar refractivity (Wildman–Crippen MR) is 68.2 cm³/mol. The van der Waals surface area contributed by atoms with Crippen molar-refractivity contribution in [3.05, 3.63) is 35.1 Å². The number of hydrogen-bond donors (Lipinski definition) is 2. The molecule has 21 heavy (non-hydrogen) atoms. The van der Waals surface area contributed by atoms with Gasteiger partial charge >= 0.3 is 0 Å². The van der Waals surface area contributed by atoms with Crippen LogP contribution in [0.4, 0.5) is 13.2 Å². The third-order valence-corrected chi connectivity index (χ3v) is 3.14. The van der Waals surface area contributed by atoms with E-state index >= 15 is 0 Å². The first kappa shape index (κ1) is 15.8. The number of aliphatic hydroxyl groups excluding tert-OH is 1. The van der Waals surface area contributed by atoms with Crippen LogP contribution in [0.3, 0.4) is 0 Å². The number of hydrogen-bond acceptors (Lipinski definition) is 3. The molecule has 1 aliphatic rings. The minimum absolute atomic E-state index is 0.0526. The van der Waals surface area contributed by atoms with E-state index in [2.05, 4.69) is 5.32 Å². The zero-order chi connectivity index (χ0) is 15.4. The first-order valence-electron chi connectivity index (χ1n) is 6.66. The van der Waals surface area contributed by atoms with Gasteiger partial charge in [0.1, 0.15) is 0 Å². The van der Waals surface area contributed by atoms with Crippen molar-refractivity contribution in [2.24, 2.45) is 5.92 Å². The maximum absolute atomic E-state index is 13.4. The molecular weight excluding hydrogens is 287 g/mol. The van der Waals surface area contributed by atoms with Crippen LogP contribution in [0, 0.1) is 23.4 Å². The zero-order valence-electron chi connectivity index (χ0n) is 11.2. The van der Waals surface area contributed by atoms with Gasteiger partial charge in [-0.25, -0.2) is 13.2 Å². The van der Waals surface area contributed by atoms with E-state index in [1.165, 1.54) is 0 Å². The quantitative estimate of drug-likeness (QED) is 0.753. The summed E-state index contributed by atoms with van der Waals surface area (Å²) in [6, 6.07) is 1.52. The number of amides is 1. The molecule has 0 bridgehead atoms. The van der Waals surface area contributed by atoms with Gasteiger partial charge in [-0.1, -0.05) is 0 Å². The maximum Gasteiger partial charge on any atom is 0.254 e. The zero-order valence-corrected chi connectivity index (χ0v) is 11.2. The molecule has 1 atom stereocenters. The second-order valence-corrected chi connectivity index (χ2v) is 5.07. The van der Waals surface area contributed by atoms with Crippen molar-refractivity contribution in [2.75, 3.05) is 19.8 Å². The number of aliphatic hydroxyl groups is 1. The average Bonchev–Trinajstić information content (AvgIpc) is 3.26. The van der Waals surface area contributed by atoms with Crippen LogP contribution >= 0.6 is 0 Å². The van der Waals surface area contributed by atoms with E-state index in [1.54, 1.807) is 0 Å². The topological polar surface area (TPSA) is 58.6 Å². The fourth-order valence-electron chi connectivity index (χ4n) is 1.72. The van der Waals surface area contributed by atoms with Gasteiger partial charge in [-0.05, 0) is 30.9 Å². The molecule has 116 valence electrons. The van der Waals surface area contributed by atoms with E-state index in [-0.39, 0.29) is 13.2 Å². The highest BCUT2D eigenvalue weighted by Crippen LogP contribution is 2.28. The Labute approximate surface area is 119 Å². The summed E-state index contributed by atoms with van der Waals surface area (Å²) in [7, 11) is 0. The predicted octanol–water partition coefficient (Wildman–Crippen LogP) is 1.62. The molecule has 4 nitrogen and oxygen atoms in total. The fraction of sp³-hybridized carbons (Fsp3) is 0.500. The molecule has 1 fully saturated rings. The monoisotopic (exact) mass is 303 g/mol. The highest BCUT2D eigenvalue weighted by molar-refractivity contribution is 5.94. The first-order valence-corrected chi connectivity index (χ1v) is 6.66. The molecule has 0 aliphatic heterocycles. The molecule has 1 aromatic rings. The molecule has 1 amide bonds. The Morgan fingerprint density at radius 2 is 2.05 bits per heavy atom. The highest BCUT2D eigenvalue weighted by Gasteiger charge is 2.22. The van der Waals surface area contributed by atoms with Crippen molar-refractivity contribution >= 4 is 5.91 Å². The van der Waals surface area contributed by atoms with Crippen molar-refractivity contribution in [3.8, 4) is 0 Å². The molecule has 0 saturated heterocycles. The van der Waals surface area contributed by atoms with Gasteiger partial charge in [-0.15, -0.1) is 0 Å². The van der Waals surface area contributed by atoms with Crippen LogP contribution < -0.4 is 5.32 Å². The van der Waals surface area contributed by atoms with Gasteiger partial charge in [-0.2, -0.15) is 0 Å². The summed E-state index contributed by atoms with van der Waals surface area (Å²) in [6.07, 6.45) is 1.31. The molecule has 1 unspecified atom stereocenters. The summed E-state index contributed by atoms with van der Waals surface area (Å²) in [5, 5.41) is 11.8. The Hall–Kier alpha value is -1.60. The first-order chi connectivity index (χ1) is 9.99. The molecule has 2 N–H and O–H groups in total. The lowest BCUT2D eigenvalue weighted by molar-refractivity contribution is 0.0320. The summed E-state index contributed by atoms with van der Waals surface area (Å²) < 4.78 is 44.3.